The molecule has 1 amide bonds. The Labute approximate surface area is 142 Å². The SMILES string of the molecule is CC(C)(C)OC(=O)N1CCN(c2ccc(Cl)c(F)c2)CC1(C)C. The zero-order chi connectivity index (χ0) is 17.4. The Bertz CT molecular complexity index is 599. The van der Waals surface area contributed by atoms with Crippen LogP contribution in [0, 0.1) is 5.82 Å². The summed E-state index contributed by atoms with van der Waals surface area (Å²) in [6, 6.07) is 4.78. The quantitative estimate of drug-likeness (QED) is 0.762. The summed E-state index contributed by atoms with van der Waals surface area (Å²) < 4.78 is 19.2. The van der Waals surface area contributed by atoms with Gasteiger partial charge in [0.1, 0.15) is 11.4 Å². The van der Waals surface area contributed by atoms with E-state index in [-0.39, 0.29) is 11.1 Å². The monoisotopic (exact) mass is 342 g/mol. The molecule has 0 radical (unpaired) electrons. The average Bonchev–Trinajstić information content (AvgIpc) is 2.38. The predicted octanol–water partition coefficient (Wildman–Crippen LogP) is 4.31. The lowest BCUT2D eigenvalue weighted by atomic mass is 9.99. The molecule has 1 aromatic rings. The third kappa shape index (κ3) is 4.28. The predicted molar refractivity (Wildman–Crippen MR) is 90.6 cm³/mol. The number of hydrogen-bond donors (Lipinski definition) is 0. The number of hydrogen-bond acceptors (Lipinski definition) is 3. The molecule has 0 unspecified atom stereocenters. The second-order valence-corrected chi connectivity index (χ2v) is 7.87. The fourth-order valence-electron chi connectivity index (χ4n) is 2.71. The molecule has 1 heterocycles. The van der Waals surface area contributed by atoms with E-state index in [1.165, 1.54) is 6.07 Å². The molecular weight excluding hydrogens is 319 g/mol. The minimum atomic E-state index is -0.524. The van der Waals surface area contributed by atoms with E-state index in [4.69, 9.17) is 16.3 Å². The van der Waals surface area contributed by atoms with Gasteiger partial charge in [0.25, 0.3) is 0 Å². The molecule has 0 bridgehead atoms. The highest BCUT2D eigenvalue weighted by Gasteiger charge is 2.39. The zero-order valence-corrected chi connectivity index (χ0v) is 15.1. The number of carbonyl (C=O) groups is 1. The molecular formula is C17H24ClFN2O2. The van der Waals surface area contributed by atoms with Crippen molar-refractivity contribution in [1.82, 2.24) is 4.90 Å². The molecule has 2 rings (SSSR count). The molecule has 0 saturated carbocycles. The molecule has 0 N–H and O–H groups in total. The van der Waals surface area contributed by atoms with Gasteiger partial charge in [-0.1, -0.05) is 11.6 Å². The summed E-state index contributed by atoms with van der Waals surface area (Å²) >= 11 is 5.74. The van der Waals surface area contributed by atoms with Gasteiger partial charge in [0.15, 0.2) is 0 Å². The van der Waals surface area contributed by atoms with E-state index in [1.54, 1.807) is 17.0 Å². The molecule has 1 fully saturated rings. The lowest BCUT2D eigenvalue weighted by Gasteiger charge is -2.47. The fourth-order valence-corrected chi connectivity index (χ4v) is 2.83. The van der Waals surface area contributed by atoms with Crippen LogP contribution >= 0.6 is 11.6 Å². The fraction of sp³-hybridized carbons (Fsp3) is 0.588. The minimum Gasteiger partial charge on any atom is -0.444 e. The smallest absolute Gasteiger partial charge is 0.410 e. The highest BCUT2D eigenvalue weighted by molar-refractivity contribution is 6.30. The van der Waals surface area contributed by atoms with Crippen LogP contribution in [0.3, 0.4) is 0 Å². The van der Waals surface area contributed by atoms with Crippen LogP contribution < -0.4 is 4.90 Å². The molecule has 0 spiro atoms. The van der Waals surface area contributed by atoms with E-state index < -0.39 is 17.0 Å². The lowest BCUT2D eigenvalue weighted by molar-refractivity contribution is 0.000372. The van der Waals surface area contributed by atoms with Gasteiger partial charge in [-0.2, -0.15) is 0 Å². The molecule has 128 valence electrons. The maximum absolute atomic E-state index is 13.7. The summed E-state index contributed by atoms with van der Waals surface area (Å²) in [7, 11) is 0. The highest BCUT2D eigenvalue weighted by Crippen LogP contribution is 2.29. The van der Waals surface area contributed by atoms with Gasteiger partial charge >= 0.3 is 6.09 Å². The molecule has 0 atom stereocenters. The van der Waals surface area contributed by atoms with E-state index >= 15 is 0 Å². The van der Waals surface area contributed by atoms with Gasteiger partial charge in [-0.25, -0.2) is 9.18 Å². The number of ether oxygens (including phenoxy) is 1. The van der Waals surface area contributed by atoms with E-state index in [1.807, 2.05) is 34.6 Å². The van der Waals surface area contributed by atoms with Gasteiger partial charge < -0.3 is 9.64 Å². The van der Waals surface area contributed by atoms with Crippen LogP contribution in [0.25, 0.3) is 0 Å². The number of rotatable bonds is 1. The van der Waals surface area contributed by atoms with Crippen molar-refractivity contribution in [2.75, 3.05) is 24.5 Å². The van der Waals surface area contributed by atoms with Crippen LogP contribution in [0.1, 0.15) is 34.6 Å². The standard InChI is InChI=1S/C17H24ClFN2O2/c1-16(2,3)23-15(22)21-9-8-20(11-17(21,4)5)12-6-7-13(18)14(19)10-12/h6-7,10H,8-9,11H2,1-5H3. The van der Waals surface area contributed by atoms with Crippen molar-refractivity contribution >= 4 is 23.4 Å². The van der Waals surface area contributed by atoms with Gasteiger partial charge in [-0.15, -0.1) is 0 Å². The number of halogens is 2. The Morgan fingerprint density at radius 3 is 2.48 bits per heavy atom. The van der Waals surface area contributed by atoms with Crippen LogP contribution in [-0.2, 0) is 4.74 Å². The maximum Gasteiger partial charge on any atom is 0.410 e. The van der Waals surface area contributed by atoms with Crippen molar-refractivity contribution in [2.45, 2.75) is 45.8 Å². The summed E-state index contributed by atoms with van der Waals surface area (Å²) in [5, 5.41) is 0.111. The number of nitrogens with zero attached hydrogens (tertiary/aromatic N) is 2. The van der Waals surface area contributed by atoms with Crippen molar-refractivity contribution in [2.24, 2.45) is 0 Å². The van der Waals surface area contributed by atoms with E-state index in [2.05, 4.69) is 4.90 Å². The summed E-state index contributed by atoms with van der Waals surface area (Å²) in [6.07, 6.45) is -0.315. The number of anilines is 1. The molecule has 1 aliphatic rings. The third-order valence-corrected chi connectivity index (χ3v) is 4.09. The van der Waals surface area contributed by atoms with Gasteiger partial charge in [-0.05, 0) is 52.8 Å². The Morgan fingerprint density at radius 2 is 1.96 bits per heavy atom. The average molecular weight is 343 g/mol. The van der Waals surface area contributed by atoms with Crippen molar-refractivity contribution in [1.29, 1.82) is 0 Å². The van der Waals surface area contributed by atoms with Crippen LogP contribution in [-0.4, -0.2) is 41.8 Å². The maximum atomic E-state index is 13.7. The first-order valence-electron chi connectivity index (χ1n) is 7.70. The van der Waals surface area contributed by atoms with E-state index in [9.17, 15) is 9.18 Å². The third-order valence-electron chi connectivity index (χ3n) is 3.78. The zero-order valence-electron chi connectivity index (χ0n) is 14.3. The molecule has 1 aromatic carbocycles. The molecule has 6 heteroatoms. The molecule has 1 saturated heterocycles. The number of carbonyl (C=O) groups excluding carboxylic acids is 1. The van der Waals surface area contributed by atoms with Crippen molar-refractivity contribution in [3.63, 3.8) is 0 Å². The normalized spacial score (nSPS) is 18.0. The minimum absolute atomic E-state index is 0.111. The molecule has 23 heavy (non-hydrogen) atoms. The van der Waals surface area contributed by atoms with Crippen LogP contribution in [0.4, 0.5) is 14.9 Å². The summed E-state index contributed by atoms with van der Waals surface area (Å²) in [5.41, 5.74) is -0.177. The lowest BCUT2D eigenvalue weighted by Crippen LogP contribution is -2.61. The van der Waals surface area contributed by atoms with Gasteiger partial charge in [-0.3, -0.25) is 4.90 Å². The van der Waals surface area contributed by atoms with Gasteiger partial charge in [0.05, 0.1) is 10.6 Å². The first kappa shape index (κ1) is 17.9. The molecule has 0 aliphatic carbocycles. The largest absolute Gasteiger partial charge is 0.444 e. The van der Waals surface area contributed by atoms with E-state index in [0.717, 1.165) is 5.69 Å². The molecule has 0 aromatic heterocycles. The second kappa shape index (κ2) is 6.19. The Morgan fingerprint density at radius 1 is 1.30 bits per heavy atom. The second-order valence-electron chi connectivity index (χ2n) is 7.46. The topological polar surface area (TPSA) is 32.8 Å². The van der Waals surface area contributed by atoms with Crippen molar-refractivity contribution in [3.8, 4) is 0 Å². The Hall–Kier alpha value is -1.49. The van der Waals surface area contributed by atoms with Crippen molar-refractivity contribution < 1.29 is 13.9 Å². The Balaban J connectivity index is 2.13. The van der Waals surface area contributed by atoms with Crippen LogP contribution in [0.5, 0.6) is 0 Å². The molecule has 4 nitrogen and oxygen atoms in total. The van der Waals surface area contributed by atoms with Crippen molar-refractivity contribution in [3.05, 3.63) is 29.0 Å². The molecule has 1 aliphatic heterocycles. The number of piperazine rings is 1. The van der Waals surface area contributed by atoms with Gasteiger partial charge in [0, 0.05) is 25.3 Å². The summed E-state index contributed by atoms with van der Waals surface area (Å²) in [6.45, 7) is 11.2. The first-order chi connectivity index (χ1) is 10.5. The summed E-state index contributed by atoms with van der Waals surface area (Å²) in [5.74, 6) is -0.434. The van der Waals surface area contributed by atoms with Crippen LogP contribution in [0.2, 0.25) is 5.02 Å². The number of benzene rings is 1. The highest BCUT2D eigenvalue weighted by atomic mass is 35.5. The van der Waals surface area contributed by atoms with Crippen LogP contribution in [0.15, 0.2) is 18.2 Å². The summed E-state index contributed by atoms with van der Waals surface area (Å²) in [4.78, 5) is 16.2. The first-order valence-corrected chi connectivity index (χ1v) is 8.08. The Kier molecular flexibility index (Phi) is 4.81. The van der Waals surface area contributed by atoms with Gasteiger partial charge in [0.2, 0.25) is 0 Å². The number of amides is 1. The van der Waals surface area contributed by atoms with E-state index in [0.29, 0.717) is 19.6 Å².